The minimum absolute atomic E-state index is 0.367. The number of nitrogens with zero attached hydrogens (tertiary/aromatic N) is 2. The van der Waals surface area contributed by atoms with E-state index in [0.717, 1.165) is 10.8 Å². The van der Waals surface area contributed by atoms with Crippen molar-refractivity contribution in [1.82, 2.24) is 9.55 Å². The molecular weight excluding hydrogens is 292 g/mol. The maximum Gasteiger partial charge on any atom is 0.311 e. The molecule has 6 nitrogen and oxygen atoms in total. The summed E-state index contributed by atoms with van der Waals surface area (Å²) in [6.45, 7) is 0. The van der Waals surface area contributed by atoms with Crippen LogP contribution in [-0.4, -0.2) is 39.5 Å². The van der Waals surface area contributed by atoms with Gasteiger partial charge in [-0.05, 0) is 12.1 Å². The predicted octanol–water partition coefficient (Wildman–Crippen LogP) is 2.23. The van der Waals surface area contributed by atoms with Crippen molar-refractivity contribution in [3.8, 4) is 5.69 Å². The van der Waals surface area contributed by atoms with Gasteiger partial charge in [0.15, 0.2) is 10.9 Å². The lowest BCUT2D eigenvalue weighted by Gasteiger charge is -2.08. The van der Waals surface area contributed by atoms with E-state index in [-0.39, 0.29) is 0 Å². The Balaban J connectivity index is 2.27. The number of hydrogen-bond acceptors (Lipinski definition) is 5. The minimum atomic E-state index is -1.13. The molecule has 0 amide bonds. The number of ether oxygens (including phenoxy) is 1. The van der Waals surface area contributed by atoms with Crippen LogP contribution in [0, 0.1) is 0 Å². The van der Waals surface area contributed by atoms with Gasteiger partial charge in [0.1, 0.15) is 6.42 Å². The highest BCUT2D eigenvalue weighted by atomic mass is 32.2. The zero-order valence-electron chi connectivity index (χ0n) is 11.4. The molecule has 0 aliphatic rings. The highest BCUT2D eigenvalue weighted by Gasteiger charge is 2.12. The average molecular weight is 306 g/mol. The lowest BCUT2D eigenvalue weighted by atomic mass is 10.1. The zero-order valence-corrected chi connectivity index (χ0v) is 12.2. The number of hydrogen-bond donors (Lipinski definition) is 1. The first-order valence-electron chi connectivity index (χ1n) is 6.12. The van der Waals surface area contributed by atoms with E-state index in [9.17, 15) is 9.59 Å². The monoisotopic (exact) mass is 306 g/mol. The molecule has 0 spiro atoms. The van der Waals surface area contributed by atoms with E-state index in [2.05, 4.69) is 4.98 Å². The Hall–Kier alpha value is -2.12. The number of aromatic nitrogens is 2. The summed E-state index contributed by atoms with van der Waals surface area (Å²) in [5.74, 6) is -1.09. The number of imidazole rings is 1. The van der Waals surface area contributed by atoms with Crippen LogP contribution in [-0.2, 0) is 9.53 Å². The largest absolute Gasteiger partial charge is 0.481 e. The van der Waals surface area contributed by atoms with E-state index < -0.39 is 18.2 Å². The molecule has 0 fully saturated rings. The maximum absolute atomic E-state index is 11.8. The quantitative estimate of drug-likeness (QED) is 0.365. The maximum atomic E-state index is 11.8. The highest BCUT2D eigenvalue weighted by Crippen LogP contribution is 2.21. The molecule has 0 aliphatic carbocycles. The van der Waals surface area contributed by atoms with Crippen LogP contribution in [0.4, 0.5) is 0 Å². The SMILES string of the molecule is COCSc1nccn1-c1cccc(C(=O)CC(=O)O)c1. The van der Waals surface area contributed by atoms with E-state index in [1.807, 2.05) is 10.6 Å². The number of methoxy groups -OCH3 is 1. The van der Waals surface area contributed by atoms with Crippen LogP contribution in [0.5, 0.6) is 0 Å². The second-order valence-electron chi connectivity index (χ2n) is 4.17. The minimum Gasteiger partial charge on any atom is -0.481 e. The molecule has 7 heteroatoms. The molecule has 0 unspecified atom stereocenters. The van der Waals surface area contributed by atoms with Crippen LogP contribution in [0.1, 0.15) is 16.8 Å². The first-order chi connectivity index (χ1) is 10.1. The highest BCUT2D eigenvalue weighted by molar-refractivity contribution is 7.99. The molecule has 1 aromatic heterocycles. The second kappa shape index (κ2) is 7.05. The lowest BCUT2D eigenvalue weighted by molar-refractivity contribution is -0.135. The number of ketones is 1. The number of rotatable bonds is 7. The van der Waals surface area contributed by atoms with E-state index in [4.69, 9.17) is 9.84 Å². The number of Topliss-reactive ketones (excluding diaryl/α,β-unsaturated/α-hetero) is 1. The van der Waals surface area contributed by atoms with E-state index in [1.54, 1.807) is 37.7 Å². The fourth-order valence-electron chi connectivity index (χ4n) is 1.77. The molecule has 2 aromatic rings. The van der Waals surface area contributed by atoms with Gasteiger partial charge in [0, 0.05) is 30.8 Å². The van der Waals surface area contributed by atoms with Crippen LogP contribution < -0.4 is 0 Å². The van der Waals surface area contributed by atoms with Gasteiger partial charge in [-0.3, -0.25) is 14.2 Å². The third kappa shape index (κ3) is 3.93. The predicted molar refractivity (Wildman–Crippen MR) is 77.9 cm³/mol. The fraction of sp³-hybridized carbons (Fsp3) is 0.214. The summed E-state index contributed by atoms with van der Waals surface area (Å²) in [4.78, 5) is 26.6. The third-order valence-electron chi connectivity index (χ3n) is 2.67. The van der Waals surface area contributed by atoms with E-state index in [0.29, 0.717) is 11.5 Å². The average Bonchev–Trinajstić information content (AvgIpc) is 2.93. The number of aliphatic carboxylic acids is 1. The molecule has 0 radical (unpaired) electrons. The molecular formula is C14H14N2O4S. The Bertz CT molecular complexity index is 654. The first kappa shape index (κ1) is 15.3. The molecule has 1 heterocycles. The number of carbonyl (C=O) groups is 2. The summed E-state index contributed by atoms with van der Waals surface area (Å²) in [6, 6.07) is 6.81. The first-order valence-corrected chi connectivity index (χ1v) is 7.11. The molecule has 1 N–H and O–H groups in total. The Morgan fingerprint density at radius 1 is 1.43 bits per heavy atom. The normalized spacial score (nSPS) is 10.5. The van der Waals surface area contributed by atoms with Gasteiger partial charge in [-0.25, -0.2) is 4.98 Å². The molecule has 0 bridgehead atoms. The van der Waals surface area contributed by atoms with Crippen LogP contribution in [0.25, 0.3) is 5.69 Å². The zero-order chi connectivity index (χ0) is 15.2. The van der Waals surface area contributed by atoms with Gasteiger partial charge in [0.05, 0.1) is 5.94 Å². The number of carbonyl (C=O) groups excluding carboxylic acids is 1. The lowest BCUT2D eigenvalue weighted by Crippen LogP contribution is -2.07. The molecule has 110 valence electrons. The summed E-state index contributed by atoms with van der Waals surface area (Å²) in [6.07, 6.45) is 2.92. The van der Waals surface area contributed by atoms with Crippen molar-refractivity contribution in [2.75, 3.05) is 13.0 Å². The summed E-state index contributed by atoms with van der Waals surface area (Å²) in [5.41, 5.74) is 1.12. The molecule has 0 aliphatic heterocycles. The van der Waals surface area contributed by atoms with Crippen molar-refractivity contribution >= 4 is 23.5 Å². The van der Waals surface area contributed by atoms with E-state index >= 15 is 0 Å². The number of benzene rings is 1. The van der Waals surface area contributed by atoms with Gasteiger partial charge >= 0.3 is 5.97 Å². The summed E-state index contributed by atoms with van der Waals surface area (Å²) in [7, 11) is 1.60. The van der Waals surface area contributed by atoms with Gasteiger partial charge in [0.2, 0.25) is 0 Å². The van der Waals surface area contributed by atoms with Crippen LogP contribution >= 0.6 is 11.8 Å². The summed E-state index contributed by atoms with van der Waals surface area (Å²) < 4.78 is 6.82. The van der Waals surface area contributed by atoms with Crippen molar-refractivity contribution < 1.29 is 19.4 Å². The van der Waals surface area contributed by atoms with Gasteiger partial charge < -0.3 is 9.84 Å². The molecule has 0 saturated heterocycles. The van der Waals surface area contributed by atoms with Crippen LogP contribution in [0.3, 0.4) is 0 Å². The topological polar surface area (TPSA) is 81.4 Å². The summed E-state index contributed by atoms with van der Waals surface area (Å²) in [5, 5.41) is 9.42. The van der Waals surface area contributed by atoms with Crippen molar-refractivity contribution in [3.05, 3.63) is 42.2 Å². The van der Waals surface area contributed by atoms with Gasteiger partial charge in [-0.1, -0.05) is 23.9 Å². The molecule has 2 rings (SSSR count). The van der Waals surface area contributed by atoms with Gasteiger partial charge in [-0.2, -0.15) is 0 Å². The van der Waals surface area contributed by atoms with Crippen molar-refractivity contribution in [2.24, 2.45) is 0 Å². The van der Waals surface area contributed by atoms with Crippen molar-refractivity contribution in [2.45, 2.75) is 11.6 Å². The molecule has 0 saturated carbocycles. The number of thioether (sulfide) groups is 1. The molecule has 1 aromatic carbocycles. The Morgan fingerprint density at radius 3 is 2.95 bits per heavy atom. The Morgan fingerprint density at radius 2 is 2.24 bits per heavy atom. The smallest absolute Gasteiger partial charge is 0.311 e. The van der Waals surface area contributed by atoms with Gasteiger partial charge in [-0.15, -0.1) is 0 Å². The second-order valence-corrected chi connectivity index (χ2v) is 5.06. The third-order valence-corrected chi connectivity index (χ3v) is 3.58. The Kier molecular flexibility index (Phi) is 5.13. The molecule has 0 atom stereocenters. The van der Waals surface area contributed by atoms with E-state index in [1.165, 1.54) is 11.8 Å². The molecule has 21 heavy (non-hydrogen) atoms. The van der Waals surface area contributed by atoms with Crippen molar-refractivity contribution in [1.29, 1.82) is 0 Å². The number of carboxylic acid groups (broad SMARTS) is 1. The van der Waals surface area contributed by atoms with Crippen LogP contribution in [0.15, 0.2) is 41.8 Å². The fourth-order valence-corrected chi connectivity index (χ4v) is 2.44. The summed E-state index contributed by atoms with van der Waals surface area (Å²) >= 11 is 1.42. The van der Waals surface area contributed by atoms with Gasteiger partial charge in [0.25, 0.3) is 0 Å². The van der Waals surface area contributed by atoms with Crippen molar-refractivity contribution in [3.63, 3.8) is 0 Å². The Labute approximate surface area is 125 Å². The number of carboxylic acids is 1. The van der Waals surface area contributed by atoms with Crippen LogP contribution in [0.2, 0.25) is 0 Å². The standard InChI is InChI=1S/C14H14N2O4S/c1-20-9-21-14-15-5-6-16(14)11-4-2-3-10(7-11)12(17)8-13(18)19/h2-7H,8-9H2,1H3,(H,18,19).